The topological polar surface area (TPSA) is 37.3 Å². The maximum Gasteiger partial charge on any atom is 0.136 e. The van der Waals surface area contributed by atoms with Gasteiger partial charge in [0.15, 0.2) is 0 Å². The van der Waals surface area contributed by atoms with E-state index in [2.05, 4.69) is 13.8 Å². The Hall–Kier alpha value is -0.370. The molecule has 0 saturated heterocycles. The Labute approximate surface area is 128 Å². The molecule has 0 amide bonds. The van der Waals surface area contributed by atoms with Crippen molar-refractivity contribution in [3.8, 4) is 0 Å². The van der Waals surface area contributed by atoms with Crippen LogP contribution in [0.3, 0.4) is 0 Å². The molecule has 0 spiro atoms. The normalized spacial score (nSPS) is 56.5. The van der Waals surface area contributed by atoms with Gasteiger partial charge in [0.25, 0.3) is 0 Å². The quantitative estimate of drug-likeness (QED) is 0.733. The zero-order valence-electron chi connectivity index (χ0n) is 13.6. The second-order valence-electron chi connectivity index (χ2n) is 9.13. The molecule has 21 heavy (non-hydrogen) atoms. The molecule has 4 aliphatic rings. The standard InChI is InChI=1S/C19H30O2/c1-18-7-3-4-14(18)17-15(6-8-18)19(2)9-5-13(20)10-12(19)11-16(17)21/h12-15,17,20H,3-11H2,1-2H3/t12-,13+,14-,15-,17-,18-,19-/m0/s1. The van der Waals surface area contributed by atoms with E-state index >= 15 is 0 Å². The predicted molar refractivity (Wildman–Crippen MR) is 82.7 cm³/mol. The molecule has 4 aliphatic carbocycles. The molecule has 4 fully saturated rings. The molecule has 0 aromatic carbocycles. The first-order valence-corrected chi connectivity index (χ1v) is 9.15. The number of rotatable bonds is 0. The fourth-order valence-electron chi connectivity index (χ4n) is 6.90. The lowest BCUT2D eigenvalue weighted by molar-refractivity contribution is -0.158. The van der Waals surface area contributed by atoms with Crippen LogP contribution < -0.4 is 0 Å². The molecule has 0 unspecified atom stereocenters. The highest BCUT2D eigenvalue weighted by atomic mass is 16.3. The van der Waals surface area contributed by atoms with Crippen LogP contribution in [0, 0.1) is 34.5 Å². The van der Waals surface area contributed by atoms with Gasteiger partial charge in [-0.25, -0.2) is 0 Å². The lowest BCUT2D eigenvalue weighted by Gasteiger charge is -2.59. The third kappa shape index (κ3) is 1.90. The minimum atomic E-state index is -0.159. The van der Waals surface area contributed by atoms with Crippen molar-refractivity contribution in [3.05, 3.63) is 0 Å². The molecule has 0 heterocycles. The highest BCUT2D eigenvalue weighted by Gasteiger charge is 2.60. The van der Waals surface area contributed by atoms with Crippen molar-refractivity contribution in [2.75, 3.05) is 0 Å². The zero-order valence-corrected chi connectivity index (χ0v) is 13.6. The number of ketones is 1. The van der Waals surface area contributed by atoms with Gasteiger partial charge in [0.05, 0.1) is 6.10 Å². The van der Waals surface area contributed by atoms with Crippen LogP contribution >= 0.6 is 0 Å². The van der Waals surface area contributed by atoms with Crippen molar-refractivity contribution in [2.24, 2.45) is 34.5 Å². The lowest BCUT2D eigenvalue weighted by Crippen LogP contribution is -2.56. The molecule has 7 atom stereocenters. The van der Waals surface area contributed by atoms with Gasteiger partial charge in [0.2, 0.25) is 0 Å². The second kappa shape index (κ2) is 4.57. The smallest absolute Gasteiger partial charge is 0.136 e. The number of aliphatic hydroxyl groups excluding tert-OH is 1. The molecule has 0 aromatic heterocycles. The second-order valence-corrected chi connectivity index (χ2v) is 9.13. The highest BCUT2D eigenvalue weighted by Crippen LogP contribution is 2.65. The SMILES string of the molecule is C[C@@]12CCC[C@H]1[C@@H]1C(=O)C[C@@H]3C[C@H](O)CC[C@]3(C)[C@H]1CC2. The van der Waals surface area contributed by atoms with Gasteiger partial charge in [-0.2, -0.15) is 0 Å². The average Bonchev–Trinajstić information content (AvgIpc) is 2.82. The molecule has 2 heteroatoms. The minimum absolute atomic E-state index is 0.159. The average molecular weight is 290 g/mol. The van der Waals surface area contributed by atoms with E-state index in [9.17, 15) is 9.90 Å². The Balaban J connectivity index is 1.69. The maximum atomic E-state index is 12.9. The molecule has 2 nitrogen and oxygen atoms in total. The maximum absolute atomic E-state index is 12.9. The lowest BCUT2D eigenvalue weighted by atomic mass is 9.45. The Morgan fingerprint density at radius 3 is 2.67 bits per heavy atom. The summed E-state index contributed by atoms with van der Waals surface area (Å²) in [5, 5.41) is 10.0. The minimum Gasteiger partial charge on any atom is -0.393 e. The third-order valence-electron chi connectivity index (χ3n) is 8.22. The first-order chi connectivity index (χ1) is 9.94. The van der Waals surface area contributed by atoms with Gasteiger partial charge in [-0.3, -0.25) is 4.79 Å². The van der Waals surface area contributed by atoms with Crippen molar-refractivity contribution in [2.45, 2.75) is 77.7 Å². The van der Waals surface area contributed by atoms with Crippen molar-refractivity contribution in [1.29, 1.82) is 0 Å². The molecule has 118 valence electrons. The summed E-state index contributed by atoms with van der Waals surface area (Å²) in [4.78, 5) is 12.9. The Morgan fingerprint density at radius 2 is 1.86 bits per heavy atom. The van der Waals surface area contributed by atoms with Crippen LogP contribution in [0.4, 0.5) is 0 Å². The van der Waals surface area contributed by atoms with Crippen LogP contribution in [0.15, 0.2) is 0 Å². The van der Waals surface area contributed by atoms with Gasteiger partial charge in [-0.1, -0.05) is 20.3 Å². The van der Waals surface area contributed by atoms with E-state index in [4.69, 9.17) is 0 Å². The zero-order chi connectivity index (χ0) is 14.8. The van der Waals surface area contributed by atoms with Crippen molar-refractivity contribution in [3.63, 3.8) is 0 Å². The summed E-state index contributed by atoms with van der Waals surface area (Å²) in [6.07, 6.45) is 10.1. The van der Waals surface area contributed by atoms with E-state index in [1.807, 2.05) is 0 Å². The van der Waals surface area contributed by atoms with Crippen LogP contribution in [-0.2, 0) is 4.79 Å². The summed E-state index contributed by atoms with van der Waals surface area (Å²) in [5.74, 6) is 2.61. The molecular formula is C19H30O2. The summed E-state index contributed by atoms with van der Waals surface area (Å²) in [6.45, 7) is 4.90. The number of hydrogen-bond acceptors (Lipinski definition) is 2. The number of fused-ring (bicyclic) bond motifs is 5. The van der Waals surface area contributed by atoms with Gasteiger partial charge in [0, 0.05) is 12.3 Å². The molecule has 0 bridgehead atoms. The van der Waals surface area contributed by atoms with E-state index in [0.717, 1.165) is 25.7 Å². The van der Waals surface area contributed by atoms with Crippen molar-refractivity contribution < 1.29 is 9.90 Å². The number of aliphatic hydroxyl groups is 1. The van der Waals surface area contributed by atoms with Crippen LogP contribution in [0.25, 0.3) is 0 Å². The van der Waals surface area contributed by atoms with Crippen molar-refractivity contribution >= 4 is 5.78 Å². The van der Waals surface area contributed by atoms with Gasteiger partial charge < -0.3 is 5.11 Å². The Bertz CT molecular complexity index is 458. The molecule has 0 aromatic rings. The summed E-state index contributed by atoms with van der Waals surface area (Å²) in [6, 6.07) is 0. The number of carbonyl (C=O) groups excluding carboxylic acids is 1. The van der Waals surface area contributed by atoms with Crippen LogP contribution in [0.5, 0.6) is 0 Å². The Kier molecular flexibility index (Phi) is 3.10. The highest BCUT2D eigenvalue weighted by molar-refractivity contribution is 5.83. The van der Waals surface area contributed by atoms with E-state index in [1.165, 1.54) is 32.1 Å². The van der Waals surface area contributed by atoms with Crippen LogP contribution in [0.2, 0.25) is 0 Å². The third-order valence-corrected chi connectivity index (χ3v) is 8.22. The fraction of sp³-hybridized carbons (Fsp3) is 0.947. The number of Topliss-reactive ketones (excluding diaryl/α,β-unsaturated/α-hetero) is 1. The monoisotopic (exact) mass is 290 g/mol. The summed E-state index contributed by atoms with van der Waals surface area (Å²) < 4.78 is 0. The number of hydrogen-bond donors (Lipinski definition) is 1. The van der Waals surface area contributed by atoms with E-state index in [0.29, 0.717) is 40.3 Å². The molecule has 0 aliphatic heterocycles. The summed E-state index contributed by atoms with van der Waals surface area (Å²) in [5.41, 5.74) is 0.774. The van der Waals surface area contributed by atoms with Gasteiger partial charge in [0.1, 0.15) is 5.78 Å². The van der Waals surface area contributed by atoms with Crippen LogP contribution in [0.1, 0.15) is 71.6 Å². The van der Waals surface area contributed by atoms with E-state index in [-0.39, 0.29) is 6.10 Å². The summed E-state index contributed by atoms with van der Waals surface area (Å²) in [7, 11) is 0. The molecule has 0 radical (unpaired) electrons. The van der Waals surface area contributed by atoms with Crippen LogP contribution in [-0.4, -0.2) is 17.0 Å². The Morgan fingerprint density at radius 1 is 1.05 bits per heavy atom. The molecule has 1 N–H and O–H groups in total. The molecule has 4 rings (SSSR count). The van der Waals surface area contributed by atoms with Gasteiger partial charge in [-0.15, -0.1) is 0 Å². The largest absolute Gasteiger partial charge is 0.393 e. The predicted octanol–water partition coefficient (Wildman–Crippen LogP) is 3.96. The van der Waals surface area contributed by atoms with Gasteiger partial charge in [-0.05, 0) is 73.5 Å². The molecule has 4 saturated carbocycles. The first-order valence-electron chi connectivity index (χ1n) is 9.15. The van der Waals surface area contributed by atoms with Gasteiger partial charge >= 0.3 is 0 Å². The first kappa shape index (κ1) is 14.2. The van der Waals surface area contributed by atoms with E-state index < -0.39 is 0 Å². The molecular weight excluding hydrogens is 260 g/mol. The number of carbonyl (C=O) groups is 1. The summed E-state index contributed by atoms with van der Waals surface area (Å²) >= 11 is 0. The van der Waals surface area contributed by atoms with Crippen molar-refractivity contribution in [1.82, 2.24) is 0 Å². The fourth-order valence-corrected chi connectivity index (χ4v) is 6.90. The van der Waals surface area contributed by atoms with E-state index in [1.54, 1.807) is 0 Å².